The predicted molar refractivity (Wildman–Crippen MR) is 73.3 cm³/mol. The van der Waals surface area contributed by atoms with Crippen LogP contribution < -0.4 is 0 Å². The van der Waals surface area contributed by atoms with Gasteiger partial charge in [-0.25, -0.2) is 43.9 Å². The summed E-state index contributed by atoms with van der Waals surface area (Å²) in [6.45, 7) is 2.48. The highest BCUT2D eigenvalue weighted by Crippen LogP contribution is 2.47. The van der Waals surface area contributed by atoms with Crippen LogP contribution in [0.3, 0.4) is 0 Å². The number of hydrogen-bond donors (Lipinski definition) is 0. The van der Waals surface area contributed by atoms with Crippen LogP contribution in [0.15, 0.2) is 0 Å². The van der Waals surface area contributed by atoms with Gasteiger partial charge in [0.15, 0.2) is 0 Å². The van der Waals surface area contributed by atoms with Crippen LogP contribution in [-0.2, 0) is 0 Å². The van der Waals surface area contributed by atoms with E-state index in [9.17, 15) is 57.1 Å². The van der Waals surface area contributed by atoms with E-state index in [0.29, 0.717) is 0 Å². The molecule has 170 valence electrons. The Labute approximate surface area is 152 Å². The minimum Gasteiger partial charge on any atom is -0.207 e. The molecule has 0 rings (SSSR count). The smallest absolute Gasteiger partial charge is 0.207 e. The summed E-state index contributed by atoms with van der Waals surface area (Å²) in [4.78, 5) is 0. The van der Waals surface area contributed by atoms with Crippen LogP contribution in [0.2, 0.25) is 0 Å². The highest BCUT2D eigenvalue weighted by molar-refractivity contribution is 4.89. The van der Waals surface area contributed by atoms with Crippen molar-refractivity contribution in [2.75, 3.05) is 0 Å². The maximum absolute atomic E-state index is 13.5. The van der Waals surface area contributed by atoms with E-state index in [4.69, 9.17) is 0 Å². The summed E-state index contributed by atoms with van der Waals surface area (Å²) in [5.74, 6) is -25.0. The van der Waals surface area contributed by atoms with Crippen LogP contribution in [0.4, 0.5) is 57.1 Å². The minimum absolute atomic E-state index is 0.786. The van der Waals surface area contributed by atoms with Crippen LogP contribution in [0.5, 0.6) is 0 Å². The van der Waals surface area contributed by atoms with E-state index in [2.05, 4.69) is 0 Å². The van der Waals surface area contributed by atoms with Gasteiger partial charge in [0.05, 0.1) is 25.7 Å². The third-order valence-electron chi connectivity index (χ3n) is 3.24. The lowest BCUT2D eigenvalue weighted by atomic mass is 9.93. The van der Waals surface area contributed by atoms with Gasteiger partial charge in [-0.2, -0.15) is 13.2 Å². The van der Waals surface area contributed by atoms with E-state index in [1.54, 1.807) is 0 Å². The molecule has 0 saturated heterocycles. The molecule has 28 heavy (non-hydrogen) atoms. The van der Waals surface area contributed by atoms with Crippen molar-refractivity contribution in [2.24, 2.45) is 5.92 Å². The van der Waals surface area contributed by atoms with E-state index >= 15 is 0 Å². The van der Waals surface area contributed by atoms with Crippen LogP contribution in [-0.4, -0.2) is 35.8 Å². The summed E-state index contributed by atoms with van der Waals surface area (Å²) in [7, 11) is 0. The quantitative estimate of drug-likeness (QED) is 0.285. The molecule has 0 aliphatic carbocycles. The van der Waals surface area contributed by atoms with Gasteiger partial charge in [0.2, 0.25) is 0 Å². The first-order valence-corrected chi connectivity index (χ1v) is 7.91. The molecule has 0 fully saturated rings. The fraction of sp³-hybridized carbons (Fsp3) is 1.00. The molecule has 0 aliphatic heterocycles. The van der Waals surface area contributed by atoms with Crippen molar-refractivity contribution in [3.63, 3.8) is 0 Å². The molecule has 0 bridgehead atoms. The Bertz CT molecular complexity index is 491. The fourth-order valence-corrected chi connectivity index (χ4v) is 2.73. The Morgan fingerprint density at radius 1 is 0.429 bits per heavy atom. The van der Waals surface area contributed by atoms with Crippen molar-refractivity contribution < 1.29 is 57.1 Å². The van der Waals surface area contributed by atoms with Crippen molar-refractivity contribution in [1.29, 1.82) is 0 Å². The topological polar surface area (TPSA) is 0 Å². The van der Waals surface area contributed by atoms with E-state index in [1.807, 2.05) is 0 Å². The lowest BCUT2D eigenvalue weighted by molar-refractivity contribution is -0.219. The zero-order chi connectivity index (χ0) is 22.8. The summed E-state index contributed by atoms with van der Waals surface area (Å²) >= 11 is 0. The minimum atomic E-state index is -5.57. The zero-order valence-corrected chi connectivity index (χ0v) is 14.7. The molecule has 0 amide bonds. The highest BCUT2D eigenvalue weighted by Gasteiger charge is 2.56. The van der Waals surface area contributed by atoms with Gasteiger partial charge in [-0.3, -0.25) is 0 Å². The SMILES string of the molecule is CC(C)CC(F)(F)CC(F)(F)CC(F)(F)CC(F)(F)CC(F)(F)CC(F)(F)F. The first kappa shape index (κ1) is 27.1. The Hall–Kier alpha value is -0.910. The van der Waals surface area contributed by atoms with Gasteiger partial charge < -0.3 is 0 Å². The molecule has 0 saturated carbocycles. The van der Waals surface area contributed by atoms with Crippen LogP contribution in [0.25, 0.3) is 0 Å². The van der Waals surface area contributed by atoms with Crippen LogP contribution >= 0.6 is 0 Å². The second-order valence-electron chi connectivity index (χ2n) is 7.38. The molecular formula is C15H19F13. The third kappa shape index (κ3) is 12.5. The molecule has 0 spiro atoms. The number of hydrogen-bond acceptors (Lipinski definition) is 0. The van der Waals surface area contributed by atoms with Gasteiger partial charge >= 0.3 is 6.18 Å². The van der Waals surface area contributed by atoms with Crippen LogP contribution in [0.1, 0.15) is 52.4 Å². The molecule has 0 aromatic rings. The van der Waals surface area contributed by atoms with E-state index in [-0.39, 0.29) is 0 Å². The average Bonchev–Trinajstić information content (AvgIpc) is 2.12. The molecule has 13 heteroatoms. The average molecular weight is 446 g/mol. The molecule has 0 nitrogen and oxygen atoms in total. The highest BCUT2D eigenvalue weighted by atomic mass is 19.4. The van der Waals surface area contributed by atoms with E-state index in [1.165, 1.54) is 13.8 Å². The fourth-order valence-electron chi connectivity index (χ4n) is 2.73. The van der Waals surface area contributed by atoms with Gasteiger partial charge in [-0.1, -0.05) is 13.8 Å². The first-order chi connectivity index (χ1) is 12.0. The summed E-state index contributed by atoms with van der Waals surface area (Å²) in [6, 6.07) is 0. The first-order valence-electron chi connectivity index (χ1n) is 7.91. The standard InChI is InChI=1S/C15H19F13/c1-9(2)3-10(16,17)4-11(18,19)5-12(20,21)6-13(22,23)7-14(24,25)8-15(26,27)28/h9H,3-8H2,1-2H3. The number of alkyl halides is 13. The normalized spacial score (nSPS) is 15.4. The molecule has 0 atom stereocenters. The van der Waals surface area contributed by atoms with Crippen molar-refractivity contribution in [2.45, 2.75) is 88.2 Å². The van der Waals surface area contributed by atoms with Gasteiger partial charge in [0.1, 0.15) is 6.42 Å². The molecule has 0 radical (unpaired) electrons. The van der Waals surface area contributed by atoms with Crippen molar-refractivity contribution in [3.8, 4) is 0 Å². The Morgan fingerprint density at radius 3 is 0.929 bits per heavy atom. The van der Waals surface area contributed by atoms with Crippen molar-refractivity contribution in [3.05, 3.63) is 0 Å². The second kappa shape index (κ2) is 8.45. The Balaban J connectivity index is 5.09. The van der Waals surface area contributed by atoms with Gasteiger partial charge in [-0.15, -0.1) is 0 Å². The maximum Gasteiger partial charge on any atom is 0.394 e. The van der Waals surface area contributed by atoms with Gasteiger partial charge in [0.25, 0.3) is 29.6 Å². The third-order valence-corrected chi connectivity index (χ3v) is 3.24. The lowest BCUT2D eigenvalue weighted by Crippen LogP contribution is -2.41. The summed E-state index contributed by atoms with van der Waals surface area (Å²) in [6.07, 6.45) is -20.7. The van der Waals surface area contributed by atoms with Crippen molar-refractivity contribution in [1.82, 2.24) is 0 Å². The maximum atomic E-state index is 13.5. The zero-order valence-electron chi connectivity index (χ0n) is 14.7. The van der Waals surface area contributed by atoms with Crippen LogP contribution in [0, 0.1) is 5.92 Å². The molecule has 0 aromatic heterocycles. The van der Waals surface area contributed by atoms with Gasteiger partial charge in [0, 0.05) is 6.42 Å². The largest absolute Gasteiger partial charge is 0.394 e. The number of halogens is 13. The Morgan fingerprint density at radius 2 is 0.679 bits per heavy atom. The summed E-state index contributed by atoms with van der Waals surface area (Å²) in [5.41, 5.74) is 0. The summed E-state index contributed by atoms with van der Waals surface area (Å²) in [5, 5.41) is 0. The Kier molecular flexibility index (Phi) is 8.17. The molecule has 0 aromatic carbocycles. The monoisotopic (exact) mass is 446 g/mol. The lowest BCUT2D eigenvalue weighted by Gasteiger charge is -2.30. The van der Waals surface area contributed by atoms with E-state index < -0.39 is 80.2 Å². The molecule has 0 heterocycles. The molecule has 0 unspecified atom stereocenters. The number of rotatable bonds is 11. The molecular weight excluding hydrogens is 427 g/mol. The molecule has 0 aliphatic rings. The van der Waals surface area contributed by atoms with E-state index in [0.717, 1.165) is 0 Å². The summed E-state index contributed by atoms with van der Waals surface area (Å²) < 4.78 is 169. The molecule has 0 N–H and O–H groups in total. The van der Waals surface area contributed by atoms with Crippen molar-refractivity contribution >= 4 is 0 Å². The second-order valence-corrected chi connectivity index (χ2v) is 7.38. The predicted octanol–water partition coefficient (Wildman–Crippen LogP) is 7.72. The van der Waals surface area contributed by atoms with Gasteiger partial charge in [-0.05, 0) is 5.92 Å².